The van der Waals surface area contributed by atoms with Gasteiger partial charge in [-0.05, 0) is 74.1 Å². The third-order valence-corrected chi connectivity index (χ3v) is 5.75. The zero-order valence-electron chi connectivity index (χ0n) is 18.8. The van der Waals surface area contributed by atoms with Crippen molar-refractivity contribution in [3.63, 3.8) is 0 Å². The Hall–Kier alpha value is -3.02. The normalized spacial score (nSPS) is 14.1. The summed E-state index contributed by atoms with van der Waals surface area (Å²) in [6, 6.07) is 11.4. The van der Waals surface area contributed by atoms with Crippen LogP contribution in [0.5, 0.6) is 0 Å². The van der Waals surface area contributed by atoms with E-state index in [-0.39, 0.29) is 23.1 Å². The van der Waals surface area contributed by atoms with E-state index in [2.05, 4.69) is 5.32 Å². The van der Waals surface area contributed by atoms with E-state index in [1.54, 1.807) is 24.3 Å². The van der Waals surface area contributed by atoms with E-state index in [0.717, 1.165) is 30.3 Å². The van der Waals surface area contributed by atoms with Crippen LogP contribution in [0.15, 0.2) is 42.5 Å². The fourth-order valence-corrected chi connectivity index (χ4v) is 3.59. The first kappa shape index (κ1) is 22.7. The molecule has 0 unspecified atom stereocenters. The Morgan fingerprint density at radius 3 is 2.19 bits per heavy atom. The second-order valence-corrected chi connectivity index (χ2v) is 9.82. The van der Waals surface area contributed by atoms with Crippen LogP contribution in [-0.2, 0) is 0 Å². The van der Waals surface area contributed by atoms with E-state index in [1.165, 1.54) is 17.0 Å². The van der Waals surface area contributed by atoms with Gasteiger partial charge in [0.05, 0.1) is 6.34 Å². The van der Waals surface area contributed by atoms with Gasteiger partial charge in [0.15, 0.2) is 0 Å². The number of benzene rings is 2. The molecule has 1 fully saturated rings. The van der Waals surface area contributed by atoms with E-state index in [1.807, 2.05) is 40.7 Å². The first-order valence-corrected chi connectivity index (χ1v) is 10.5. The molecule has 0 radical (unpaired) electrons. The monoisotopic (exact) mass is 422 g/mol. The lowest BCUT2D eigenvalue weighted by molar-refractivity contribution is 0.0903. The van der Waals surface area contributed by atoms with Crippen LogP contribution in [0.2, 0.25) is 0 Å². The van der Waals surface area contributed by atoms with E-state index in [0.29, 0.717) is 17.2 Å². The highest BCUT2D eigenvalue weighted by molar-refractivity contribution is 6.12. The number of amidine groups is 1. The maximum absolute atomic E-state index is 13.4. The molecule has 6 heteroatoms. The average Bonchev–Trinajstić information content (AvgIpc) is 3.54. The van der Waals surface area contributed by atoms with Gasteiger partial charge in [-0.2, -0.15) is 0 Å². The molecule has 1 saturated carbocycles. The third-order valence-electron chi connectivity index (χ3n) is 5.75. The Labute approximate surface area is 183 Å². The highest BCUT2D eigenvalue weighted by atomic mass is 19.1. The van der Waals surface area contributed by atoms with Crippen LogP contribution < -0.4 is 10.2 Å². The molecule has 0 aliphatic heterocycles. The second-order valence-electron chi connectivity index (χ2n) is 9.82. The van der Waals surface area contributed by atoms with Crippen LogP contribution in [0, 0.1) is 28.0 Å². The molecule has 0 spiro atoms. The summed E-state index contributed by atoms with van der Waals surface area (Å²) in [5, 5.41) is 19.6. The number of anilines is 1. The van der Waals surface area contributed by atoms with Crippen LogP contribution >= 0.6 is 0 Å². The zero-order valence-corrected chi connectivity index (χ0v) is 18.8. The topological polar surface area (TPSA) is 80.0 Å². The summed E-state index contributed by atoms with van der Waals surface area (Å²) >= 11 is 0. The minimum absolute atomic E-state index is 0.200. The molecule has 1 amide bonds. The van der Waals surface area contributed by atoms with Crippen molar-refractivity contribution in [3.8, 4) is 11.1 Å². The molecule has 3 rings (SSSR count). The van der Waals surface area contributed by atoms with Gasteiger partial charge in [-0.1, -0.05) is 32.9 Å². The van der Waals surface area contributed by atoms with Gasteiger partial charge >= 0.3 is 0 Å². The number of halogens is 1. The molecule has 0 heterocycles. The maximum atomic E-state index is 13.4. The van der Waals surface area contributed by atoms with Crippen LogP contribution in [0.1, 0.15) is 57.8 Å². The van der Waals surface area contributed by atoms with Crippen molar-refractivity contribution in [2.24, 2.45) is 11.3 Å². The third kappa shape index (κ3) is 5.19. The van der Waals surface area contributed by atoms with Crippen LogP contribution in [0.25, 0.3) is 11.1 Å². The summed E-state index contributed by atoms with van der Waals surface area (Å²) in [6.45, 7) is 9.78. The molecule has 3 N–H and O–H groups in total. The predicted molar refractivity (Wildman–Crippen MR) is 125 cm³/mol. The van der Waals surface area contributed by atoms with Gasteiger partial charge in [-0.3, -0.25) is 20.5 Å². The van der Waals surface area contributed by atoms with Crippen molar-refractivity contribution in [2.45, 2.75) is 53.0 Å². The minimum atomic E-state index is -0.486. The molecule has 0 atom stereocenters. The Bertz CT molecular complexity index is 1000. The van der Waals surface area contributed by atoms with Gasteiger partial charge in [0.1, 0.15) is 11.7 Å². The molecule has 0 bridgehead atoms. The van der Waals surface area contributed by atoms with E-state index in [9.17, 15) is 9.18 Å². The summed E-state index contributed by atoms with van der Waals surface area (Å²) < 4.78 is 13.4. The molecule has 5 nitrogen and oxygen atoms in total. The molecule has 1 aliphatic rings. The Morgan fingerprint density at radius 1 is 1.06 bits per heavy atom. The fourth-order valence-electron chi connectivity index (χ4n) is 3.59. The molecule has 0 aromatic heterocycles. The average molecular weight is 423 g/mol. The zero-order chi connectivity index (χ0) is 23.0. The molecule has 2 aromatic rings. The van der Waals surface area contributed by atoms with Gasteiger partial charge in [-0.15, -0.1) is 0 Å². The predicted octanol–water partition coefficient (Wildman–Crippen LogP) is 5.85. The summed E-state index contributed by atoms with van der Waals surface area (Å²) in [5.41, 5.74) is 1.68. The van der Waals surface area contributed by atoms with Gasteiger partial charge < -0.3 is 5.32 Å². The number of nitrogens with one attached hydrogen (secondary N) is 3. The van der Waals surface area contributed by atoms with Crippen molar-refractivity contribution in [1.82, 2.24) is 5.32 Å². The number of amides is 1. The number of hydrogen-bond donors (Lipinski definition) is 3. The van der Waals surface area contributed by atoms with Crippen LogP contribution in [0.3, 0.4) is 0 Å². The van der Waals surface area contributed by atoms with Gasteiger partial charge in [0.2, 0.25) is 0 Å². The summed E-state index contributed by atoms with van der Waals surface area (Å²) in [5.74, 6) is 0.181. The smallest absolute Gasteiger partial charge is 0.251 e. The number of carbonyl (C=O) groups excluding carboxylic acids is 1. The molecular weight excluding hydrogens is 391 g/mol. The first-order valence-electron chi connectivity index (χ1n) is 10.5. The summed E-state index contributed by atoms with van der Waals surface area (Å²) in [4.78, 5) is 14.6. The fraction of sp³-hybridized carbons (Fsp3) is 0.400. The molecule has 164 valence electrons. The van der Waals surface area contributed by atoms with Gasteiger partial charge in [-0.25, -0.2) is 4.39 Å². The standard InChI is InChI=1S/C25H31FN4O/c1-24(2,3)23(28)30(15-27)21-13-17(16-6-10-20(26)11-7-16)12-18(14-21)22(31)29-25(4,5)19-8-9-19/h6-7,10-15,19,27-28H,8-9H2,1-5H3,(H,29,31). The lowest BCUT2D eigenvalue weighted by Gasteiger charge is -2.30. The number of carbonyl (C=O) groups is 1. The van der Waals surface area contributed by atoms with Crippen LogP contribution in [-0.4, -0.2) is 23.6 Å². The van der Waals surface area contributed by atoms with Gasteiger partial charge in [0, 0.05) is 22.2 Å². The largest absolute Gasteiger partial charge is 0.347 e. The number of nitrogens with zero attached hydrogens (tertiary/aromatic N) is 1. The quantitative estimate of drug-likeness (QED) is 0.403. The lowest BCUT2D eigenvalue weighted by Crippen LogP contribution is -2.45. The number of hydrogen-bond acceptors (Lipinski definition) is 3. The van der Waals surface area contributed by atoms with Crippen molar-refractivity contribution in [2.75, 3.05) is 4.90 Å². The Balaban J connectivity index is 2.07. The van der Waals surface area contributed by atoms with Crippen molar-refractivity contribution in [3.05, 3.63) is 53.8 Å². The van der Waals surface area contributed by atoms with Crippen molar-refractivity contribution >= 4 is 23.8 Å². The van der Waals surface area contributed by atoms with Crippen molar-refractivity contribution < 1.29 is 9.18 Å². The molecular formula is C25H31FN4O. The van der Waals surface area contributed by atoms with E-state index < -0.39 is 5.41 Å². The lowest BCUT2D eigenvalue weighted by atomic mass is 9.93. The highest BCUT2D eigenvalue weighted by Crippen LogP contribution is 2.39. The Morgan fingerprint density at radius 2 is 1.68 bits per heavy atom. The highest BCUT2D eigenvalue weighted by Gasteiger charge is 2.39. The van der Waals surface area contributed by atoms with E-state index >= 15 is 0 Å². The van der Waals surface area contributed by atoms with E-state index in [4.69, 9.17) is 10.8 Å². The second kappa shape index (κ2) is 8.25. The van der Waals surface area contributed by atoms with Gasteiger partial charge in [0.25, 0.3) is 5.91 Å². The molecule has 1 aliphatic carbocycles. The molecule has 2 aromatic carbocycles. The Kier molecular flexibility index (Phi) is 6.03. The van der Waals surface area contributed by atoms with Crippen LogP contribution in [0.4, 0.5) is 10.1 Å². The molecule has 31 heavy (non-hydrogen) atoms. The number of rotatable bonds is 6. The molecule has 0 saturated heterocycles. The minimum Gasteiger partial charge on any atom is -0.347 e. The summed E-state index contributed by atoms with van der Waals surface area (Å²) in [6.07, 6.45) is 3.31. The maximum Gasteiger partial charge on any atom is 0.251 e. The SMILES string of the molecule is CC(C)(C)C(=N)N(C=N)c1cc(C(=O)NC(C)(C)C2CC2)cc(-c2ccc(F)cc2)c1. The summed E-state index contributed by atoms with van der Waals surface area (Å²) in [7, 11) is 0. The van der Waals surface area contributed by atoms with Crippen molar-refractivity contribution in [1.29, 1.82) is 10.8 Å². The first-order chi connectivity index (χ1) is 14.4.